The second-order valence-electron chi connectivity index (χ2n) is 4.79. The van der Waals surface area contributed by atoms with Gasteiger partial charge < -0.3 is 11.1 Å². The fourth-order valence-corrected chi connectivity index (χ4v) is 1.92. The standard InChI is InChI=1S/C16H19N3O/c1-12-6-5-11-18-15(12)19-16(20)14(17)10-9-13-7-3-2-4-8-13/h2-8,11,14H,9-10,17H2,1H3,(H,18,19,20)/t14-/m0/s1. The van der Waals surface area contributed by atoms with E-state index in [2.05, 4.69) is 10.3 Å². The largest absolute Gasteiger partial charge is 0.320 e. The molecule has 4 heteroatoms. The number of anilines is 1. The second kappa shape index (κ2) is 6.82. The first-order chi connectivity index (χ1) is 9.66. The summed E-state index contributed by atoms with van der Waals surface area (Å²) >= 11 is 0. The number of hydrogen-bond acceptors (Lipinski definition) is 3. The first-order valence-electron chi connectivity index (χ1n) is 6.69. The molecule has 1 atom stereocenters. The lowest BCUT2D eigenvalue weighted by molar-refractivity contribution is -0.117. The van der Waals surface area contributed by atoms with E-state index in [1.807, 2.05) is 49.4 Å². The molecule has 2 aromatic rings. The zero-order valence-electron chi connectivity index (χ0n) is 11.5. The minimum Gasteiger partial charge on any atom is -0.320 e. The number of hydrogen-bond donors (Lipinski definition) is 2. The molecule has 0 saturated heterocycles. The molecule has 0 fully saturated rings. The van der Waals surface area contributed by atoms with Gasteiger partial charge in [-0.05, 0) is 37.0 Å². The van der Waals surface area contributed by atoms with Gasteiger partial charge in [0.15, 0.2) is 0 Å². The van der Waals surface area contributed by atoms with Gasteiger partial charge >= 0.3 is 0 Å². The van der Waals surface area contributed by atoms with E-state index in [1.54, 1.807) is 6.20 Å². The monoisotopic (exact) mass is 269 g/mol. The zero-order valence-corrected chi connectivity index (χ0v) is 11.5. The van der Waals surface area contributed by atoms with E-state index < -0.39 is 6.04 Å². The Morgan fingerprint density at radius 3 is 2.70 bits per heavy atom. The SMILES string of the molecule is Cc1cccnc1NC(=O)[C@@H](N)CCc1ccccc1. The van der Waals surface area contributed by atoms with Crippen LogP contribution >= 0.6 is 0 Å². The predicted octanol–water partition coefficient (Wildman–Crippen LogP) is 2.29. The molecule has 20 heavy (non-hydrogen) atoms. The number of carbonyl (C=O) groups is 1. The number of nitrogens with one attached hydrogen (secondary N) is 1. The molecule has 0 spiro atoms. The van der Waals surface area contributed by atoms with Crippen LogP contribution in [-0.4, -0.2) is 16.9 Å². The minimum absolute atomic E-state index is 0.192. The maximum absolute atomic E-state index is 12.0. The Labute approximate surface area is 119 Å². The zero-order chi connectivity index (χ0) is 14.4. The van der Waals surface area contributed by atoms with Crippen molar-refractivity contribution in [1.29, 1.82) is 0 Å². The van der Waals surface area contributed by atoms with E-state index in [0.717, 1.165) is 12.0 Å². The quantitative estimate of drug-likeness (QED) is 0.875. The number of nitrogens with zero attached hydrogens (tertiary/aromatic N) is 1. The molecule has 1 heterocycles. The average Bonchev–Trinajstić information content (AvgIpc) is 2.48. The number of aromatic nitrogens is 1. The summed E-state index contributed by atoms with van der Waals surface area (Å²) in [6.45, 7) is 1.90. The molecule has 1 aromatic carbocycles. The molecule has 1 amide bonds. The lowest BCUT2D eigenvalue weighted by Crippen LogP contribution is -2.36. The summed E-state index contributed by atoms with van der Waals surface area (Å²) in [4.78, 5) is 16.1. The summed E-state index contributed by atoms with van der Waals surface area (Å²) in [5.41, 5.74) is 8.04. The highest BCUT2D eigenvalue weighted by molar-refractivity contribution is 5.94. The first-order valence-corrected chi connectivity index (χ1v) is 6.69. The third-order valence-electron chi connectivity index (χ3n) is 3.17. The Bertz CT molecular complexity index is 569. The van der Waals surface area contributed by atoms with Crippen LogP contribution in [0, 0.1) is 6.92 Å². The Kier molecular flexibility index (Phi) is 4.85. The number of rotatable bonds is 5. The van der Waals surface area contributed by atoms with Crippen molar-refractivity contribution in [2.75, 3.05) is 5.32 Å². The highest BCUT2D eigenvalue weighted by atomic mass is 16.2. The molecule has 2 rings (SSSR count). The molecule has 0 unspecified atom stereocenters. The second-order valence-corrected chi connectivity index (χ2v) is 4.79. The third-order valence-corrected chi connectivity index (χ3v) is 3.17. The molecule has 0 radical (unpaired) electrons. The van der Waals surface area contributed by atoms with E-state index in [0.29, 0.717) is 12.2 Å². The molecule has 0 aliphatic heterocycles. The number of nitrogens with two attached hydrogens (primary N) is 1. The van der Waals surface area contributed by atoms with Crippen molar-refractivity contribution in [2.45, 2.75) is 25.8 Å². The van der Waals surface area contributed by atoms with Crippen LogP contribution in [0.3, 0.4) is 0 Å². The van der Waals surface area contributed by atoms with E-state index in [4.69, 9.17) is 5.73 Å². The topological polar surface area (TPSA) is 68.0 Å². The van der Waals surface area contributed by atoms with Crippen molar-refractivity contribution < 1.29 is 4.79 Å². The lowest BCUT2D eigenvalue weighted by atomic mass is 10.1. The van der Waals surface area contributed by atoms with Crippen LogP contribution in [0.2, 0.25) is 0 Å². The van der Waals surface area contributed by atoms with Gasteiger partial charge in [0, 0.05) is 6.20 Å². The van der Waals surface area contributed by atoms with Crippen LogP contribution in [0.5, 0.6) is 0 Å². The summed E-state index contributed by atoms with van der Waals surface area (Å²) < 4.78 is 0. The molecule has 1 aromatic heterocycles. The number of pyridine rings is 1. The minimum atomic E-state index is -0.531. The van der Waals surface area contributed by atoms with E-state index in [-0.39, 0.29) is 5.91 Å². The van der Waals surface area contributed by atoms with Crippen LogP contribution in [0.15, 0.2) is 48.7 Å². The van der Waals surface area contributed by atoms with Crippen molar-refractivity contribution in [1.82, 2.24) is 4.98 Å². The van der Waals surface area contributed by atoms with Crippen molar-refractivity contribution >= 4 is 11.7 Å². The summed E-state index contributed by atoms with van der Waals surface area (Å²) in [6.07, 6.45) is 3.05. The fourth-order valence-electron chi connectivity index (χ4n) is 1.92. The van der Waals surface area contributed by atoms with Gasteiger partial charge in [-0.15, -0.1) is 0 Å². The first kappa shape index (κ1) is 14.2. The molecule has 4 nitrogen and oxygen atoms in total. The third kappa shape index (κ3) is 3.90. The van der Waals surface area contributed by atoms with Crippen LogP contribution in [0.25, 0.3) is 0 Å². The van der Waals surface area contributed by atoms with Gasteiger partial charge in [-0.2, -0.15) is 0 Å². The molecule has 104 valence electrons. The van der Waals surface area contributed by atoms with Gasteiger partial charge in [0.05, 0.1) is 6.04 Å². The Morgan fingerprint density at radius 1 is 1.25 bits per heavy atom. The van der Waals surface area contributed by atoms with Crippen molar-refractivity contribution in [2.24, 2.45) is 5.73 Å². The van der Waals surface area contributed by atoms with Crippen LogP contribution in [-0.2, 0) is 11.2 Å². The van der Waals surface area contributed by atoms with Crippen LogP contribution in [0.4, 0.5) is 5.82 Å². The predicted molar refractivity (Wildman–Crippen MR) is 80.3 cm³/mol. The number of benzene rings is 1. The highest BCUT2D eigenvalue weighted by Crippen LogP contribution is 2.10. The maximum atomic E-state index is 12.0. The van der Waals surface area contributed by atoms with Crippen molar-refractivity contribution in [3.63, 3.8) is 0 Å². The van der Waals surface area contributed by atoms with Gasteiger partial charge in [0.25, 0.3) is 0 Å². The van der Waals surface area contributed by atoms with Gasteiger partial charge in [-0.25, -0.2) is 4.98 Å². The normalized spacial score (nSPS) is 11.9. The van der Waals surface area contributed by atoms with Gasteiger partial charge in [-0.1, -0.05) is 36.4 Å². The van der Waals surface area contributed by atoms with Crippen LogP contribution < -0.4 is 11.1 Å². The molecule has 0 bridgehead atoms. The molecular formula is C16H19N3O. The molecule has 0 aliphatic carbocycles. The van der Waals surface area contributed by atoms with Gasteiger partial charge in [-0.3, -0.25) is 4.79 Å². The van der Waals surface area contributed by atoms with E-state index >= 15 is 0 Å². The van der Waals surface area contributed by atoms with Gasteiger partial charge in [0.1, 0.15) is 5.82 Å². The Morgan fingerprint density at radius 2 is 2.00 bits per heavy atom. The summed E-state index contributed by atoms with van der Waals surface area (Å²) in [5, 5.41) is 2.77. The Hall–Kier alpha value is -2.20. The van der Waals surface area contributed by atoms with Crippen molar-refractivity contribution in [3.8, 4) is 0 Å². The smallest absolute Gasteiger partial charge is 0.242 e. The molecule has 0 aliphatic rings. The fraction of sp³-hybridized carbons (Fsp3) is 0.250. The Balaban J connectivity index is 1.88. The highest BCUT2D eigenvalue weighted by Gasteiger charge is 2.14. The number of amides is 1. The molecule has 0 saturated carbocycles. The van der Waals surface area contributed by atoms with Crippen LogP contribution in [0.1, 0.15) is 17.5 Å². The van der Waals surface area contributed by atoms with E-state index in [9.17, 15) is 4.79 Å². The number of aryl methyl sites for hydroxylation is 2. The van der Waals surface area contributed by atoms with Gasteiger partial charge in [0.2, 0.25) is 5.91 Å². The summed E-state index contributed by atoms with van der Waals surface area (Å²) in [7, 11) is 0. The number of carbonyl (C=O) groups excluding carboxylic acids is 1. The van der Waals surface area contributed by atoms with Crippen molar-refractivity contribution in [3.05, 3.63) is 59.8 Å². The van der Waals surface area contributed by atoms with E-state index in [1.165, 1.54) is 5.56 Å². The summed E-state index contributed by atoms with van der Waals surface area (Å²) in [6, 6.07) is 13.2. The summed E-state index contributed by atoms with van der Waals surface area (Å²) in [5.74, 6) is 0.385. The molecular weight excluding hydrogens is 250 g/mol. The lowest BCUT2D eigenvalue weighted by Gasteiger charge is -2.12. The maximum Gasteiger partial charge on any atom is 0.242 e. The molecule has 3 N–H and O–H groups in total. The average molecular weight is 269 g/mol.